The van der Waals surface area contributed by atoms with Crippen LogP contribution >= 0.6 is 13.5 Å². The summed E-state index contributed by atoms with van der Waals surface area (Å²) in [5.41, 5.74) is 0.715. The minimum absolute atomic E-state index is 0. The topological polar surface area (TPSA) is 23.8 Å². The Morgan fingerprint density at radius 1 is 1.10 bits per heavy atom. The van der Waals surface area contributed by atoms with Crippen molar-refractivity contribution in [2.24, 2.45) is 0 Å². The predicted molar refractivity (Wildman–Crippen MR) is 44.0 cm³/mol. The molecule has 0 unspecified atom stereocenters. The van der Waals surface area contributed by atoms with Crippen molar-refractivity contribution >= 4 is 13.5 Å². The molecule has 0 aliphatic rings. The number of hydrogen-bond donors (Lipinski definition) is 0. The van der Waals surface area contributed by atoms with Gasteiger partial charge in [0.25, 0.3) is 0 Å². The van der Waals surface area contributed by atoms with Crippen molar-refractivity contribution < 1.29 is 4.70 Å². The Balaban J connectivity index is 0. The molecule has 0 saturated carbocycles. The molecule has 0 aromatic heterocycles. The van der Waals surface area contributed by atoms with Gasteiger partial charge in [-0.25, -0.2) is 0 Å². The van der Waals surface area contributed by atoms with Gasteiger partial charge in [0.1, 0.15) is 0 Å². The van der Waals surface area contributed by atoms with Crippen molar-refractivity contribution in [1.82, 2.24) is 0 Å². The van der Waals surface area contributed by atoms with Crippen LogP contribution in [0.3, 0.4) is 0 Å². The molecule has 0 amide bonds. The number of halogens is 1. The second-order valence-electron chi connectivity index (χ2n) is 1.48. The average Bonchev–Trinajstić information content (AvgIpc) is 1.90. The van der Waals surface area contributed by atoms with E-state index >= 15 is 0 Å². The first kappa shape index (κ1) is 11.7. The van der Waals surface area contributed by atoms with E-state index < -0.39 is 0 Å². The molecule has 54 valence electrons. The molecule has 0 aliphatic carbocycles. The number of benzene rings is 1. The van der Waals surface area contributed by atoms with E-state index in [4.69, 9.17) is 5.26 Å². The summed E-state index contributed by atoms with van der Waals surface area (Å²) < 4.78 is 0. The third kappa shape index (κ3) is 3.10. The van der Waals surface area contributed by atoms with E-state index in [0.717, 1.165) is 0 Å². The summed E-state index contributed by atoms with van der Waals surface area (Å²) in [5.74, 6) is 0. The summed E-state index contributed by atoms with van der Waals surface area (Å²) in [6, 6.07) is 11.2. The van der Waals surface area contributed by atoms with Gasteiger partial charge in [0.2, 0.25) is 0 Å². The first-order chi connectivity index (χ1) is 3.93. The molecule has 1 rings (SSSR count). The third-order valence-corrected chi connectivity index (χ3v) is 0.903. The van der Waals surface area contributed by atoms with E-state index in [0.29, 0.717) is 5.56 Å². The van der Waals surface area contributed by atoms with Crippen molar-refractivity contribution in [3.05, 3.63) is 35.9 Å². The minimum atomic E-state index is 0. The maximum atomic E-state index is 8.29. The Bertz CT molecular complexity index is 205. The lowest BCUT2D eigenvalue weighted by molar-refractivity contribution is 1.11. The van der Waals surface area contributed by atoms with Gasteiger partial charge in [-0.1, -0.05) is 18.2 Å². The van der Waals surface area contributed by atoms with Gasteiger partial charge in [-0.2, -0.15) is 18.8 Å². The lowest BCUT2D eigenvalue weighted by atomic mass is 10.2. The van der Waals surface area contributed by atoms with Crippen LogP contribution in [-0.2, 0) is 0 Å². The van der Waals surface area contributed by atoms with Crippen molar-refractivity contribution in [1.29, 1.82) is 5.26 Å². The monoisotopic (exact) mass is 157 g/mol. The zero-order chi connectivity index (χ0) is 5.82. The van der Waals surface area contributed by atoms with Gasteiger partial charge in [-0.05, 0) is 12.1 Å². The molecule has 0 spiro atoms. The quantitative estimate of drug-likeness (QED) is 0.563. The van der Waals surface area contributed by atoms with E-state index in [-0.39, 0.29) is 18.2 Å². The summed E-state index contributed by atoms with van der Waals surface area (Å²) in [4.78, 5) is 0. The first-order valence-electron chi connectivity index (χ1n) is 2.38. The van der Waals surface area contributed by atoms with Crippen molar-refractivity contribution in [3.63, 3.8) is 0 Å². The summed E-state index contributed by atoms with van der Waals surface area (Å²) in [6.07, 6.45) is 0. The maximum absolute atomic E-state index is 8.29. The zero-order valence-corrected chi connectivity index (χ0v) is 6.24. The predicted octanol–water partition coefficient (Wildman–Crippen LogP) is 1.82. The van der Waals surface area contributed by atoms with Crippen LogP contribution in [0.25, 0.3) is 0 Å². The van der Waals surface area contributed by atoms with Crippen LogP contribution in [0.15, 0.2) is 30.3 Å². The van der Waals surface area contributed by atoms with Crippen LogP contribution in [0.1, 0.15) is 5.56 Å². The number of rotatable bonds is 0. The Morgan fingerprint density at radius 2 is 1.60 bits per heavy atom. The van der Waals surface area contributed by atoms with Gasteiger partial charge < -0.3 is 0 Å². The number of nitriles is 1. The number of hydrogen-bond acceptors (Lipinski definition) is 1. The Morgan fingerprint density at radius 3 is 1.90 bits per heavy atom. The molecule has 0 radical (unpaired) electrons. The summed E-state index contributed by atoms with van der Waals surface area (Å²) >= 11 is 0. The van der Waals surface area contributed by atoms with Gasteiger partial charge in [-0.15, -0.1) is 0 Å². The maximum Gasteiger partial charge on any atom is 0.0991 e. The second kappa shape index (κ2) is 6.12. The molecule has 1 aromatic carbocycles. The molecule has 1 nitrogen and oxygen atoms in total. The fourth-order valence-corrected chi connectivity index (χ4v) is 0.513. The fraction of sp³-hybridized carbons (Fsp3) is 0. The molecular weight excluding hydrogens is 149 g/mol. The zero-order valence-electron chi connectivity index (χ0n) is 5.24. The van der Waals surface area contributed by atoms with E-state index in [9.17, 15) is 0 Å². The highest BCUT2D eigenvalue weighted by Crippen LogP contribution is 1.92. The normalized spacial score (nSPS) is 6.30. The van der Waals surface area contributed by atoms with Gasteiger partial charge in [0.15, 0.2) is 0 Å². The highest BCUT2D eigenvalue weighted by atomic mass is 32.1. The standard InChI is InChI=1S/C7H5N.FH.H2S/c8-6-7-4-2-1-3-5-7;;/h1-5H;1H;1H2. The molecule has 1 aromatic rings. The summed E-state index contributed by atoms with van der Waals surface area (Å²) in [6.45, 7) is 0. The summed E-state index contributed by atoms with van der Waals surface area (Å²) in [7, 11) is 0. The van der Waals surface area contributed by atoms with Gasteiger partial charge in [-0.3, -0.25) is 4.70 Å². The van der Waals surface area contributed by atoms with E-state index in [1.807, 2.05) is 24.3 Å². The lowest BCUT2D eigenvalue weighted by Crippen LogP contribution is -1.66. The van der Waals surface area contributed by atoms with Gasteiger partial charge in [0, 0.05) is 0 Å². The molecule has 0 saturated heterocycles. The van der Waals surface area contributed by atoms with Crippen LogP contribution < -0.4 is 0 Å². The average molecular weight is 157 g/mol. The van der Waals surface area contributed by atoms with Crippen molar-refractivity contribution in [2.75, 3.05) is 0 Å². The molecule has 0 heterocycles. The highest BCUT2D eigenvalue weighted by Gasteiger charge is 1.79. The van der Waals surface area contributed by atoms with Crippen LogP contribution in [0.2, 0.25) is 0 Å². The lowest BCUT2D eigenvalue weighted by Gasteiger charge is -1.80. The van der Waals surface area contributed by atoms with Crippen LogP contribution in [0.5, 0.6) is 0 Å². The fourth-order valence-electron chi connectivity index (χ4n) is 0.513. The Labute approximate surface area is 66.1 Å². The molecule has 10 heavy (non-hydrogen) atoms. The highest BCUT2D eigenvalue weighted by molar-refractivity contribution is 7.59. The van der Waals surface area contributed by atoms with Crippen LogP contribution in [0, 0.1) is 11.3 Å². The van der Waals surface area contributed by atoms with Crippen LogP contribution in [-0.4, -0.2) is 0 Å². The largest absolute Gasteiger partial charge is 0.269 e. The first-order valence-corrected chi connectivity index (χ1v) is 2.38. The van der Waals surface area contributed by atoms with E-state index in [1.165, 1.54) is 0 Å². The Kier molecular flexibility index (Phi) is 7.18. The summed E-state index contributed by atoms with van der Waals surface area (Å²) in [5, 5.41) is 8.29. The smallest absolute Gasteiger partial charge is 0.0991 e. The molecule has 0 atom stereocenters. The molecular formula is C7H8FNS. The van der Waals surface area contributed by atoms with Gasteiger partial charge >= 0.3 is 0 Å². The minimum Gasteiger partial charge on any atom is -0.269 e. The Hall–Kier alpha value is -1.01. The van der Waals surface area contributed by atoms with E-state index in [1.54, 1.807) is 12.1 Å². The molecule has 0 bridgehead atoms. The third-order valence-electron chi connectivity index (χ3n) is 0.903. The molecule has 3 heteroatoms. The SMILES string of the molecule is F.N#Cc1ccccc1.S. The van der Waals surface area contributed by atoms with Crippen molar-refractivity contribution in [2.45, 2.75) is 0 Å². The molecule has 0 N–H and O–H groups in total. The van der Waals surface area contributed by atoms with Crippen molar-refractivity contribution in [3.8, 4) is 6.07 Å². The number of nitrogens with zero attached hydrogens (tertiary/aromatic N) is 1. The van der Waals surface area contributed by atoms with Crippen LogP contribution in [0.4, 0.5) is 4.70 Å². The second-order valence-corrected chi connectivity index (χ2v) is 1.48. The molecule has 0 fully saturated rings. The van der Waals surface area contributed by atoms with E-state index in [2.05, 4.69) is 0 Å². The van der Waals surface area contributed by atoms with Gasteiger partial charge in [0.05, 0.1) is 11.6 Å². The molecule has 0 aliphatic heterocycles.